The molecule has 0 aliphatic carbocycles. The number of hydrogen-bond donors (Lipinski definition) is 2. The van der Waals surface area contributed by atoms with Crippen molar-refractivity contribution in [2.45, 2.75) is 6.92 Å². The fourth-order valence-corrected chi connectivity index (χ4v) is 2.17. The molecular weight excluding hydrogens is 246 g/mol. The van der Waals surface area contributed by atoms with Crippen molar-refractivity contribution in [3.8, 4) is 5.75 Å². The van der Waals surface area contributed by atoms with Crippen LogP contribution in [-0.4, -0.2) is 42.8 Å². The smallest absolute Gasteiger partial charge is 0.173 e. The number of nitrogens with one attached hydrogen (secondary N) is 2. The fraction of sp³-hybridized carbons (Fsp3) is 0.462. The number of thiocarbonyl (C=S) groups is 1. The van der Waals surface area contributed by atoms with Gasteiger partial charge in [0.1, 0.15) is 5.75 Å². The summed E-state index contributed by atoms with van der Waals surface area (Å²) in [5, 5.41) is 7.36. The van der Waals surface area contributed by atoms with Gasteiger partial charge in [-0.05, 0) is 43.4 Å². The Morgan fingerprint density at radius 3 is 2.61 bits per heavy atom. The first-order valence-electron chi connectivity index (χ1n) is 6.29. The van der Waals surface area contributed by atoms with E-state index in [1.807, 2.05) is 31.2 Å². The molecule has 98 valence electrons. The van der Waals surface area contributed by atoms with E-state index in [9.17, 15) is 0 Å². The normalized spacial score (nSPS) is 15.3. The van der Waals surface area contributed by atoms with Crippen LogP contribution in [0.1, 0.15) is 6.92 Å². The minimum absolute atomic E-state index is 0.686. The second-order valence-electron chi connectivity index (χ2n) is 4.12. The van der Waals surface area contributed by atoms with E-state index >= 15 is 0 Å². The van der Waals surface area contributed by atoms with Gasteiger partial charge in [0.25, 0.3) is 0 Å². The molecule has 1 saturated heterocycles. The number of piperazine rings is 1. The molecule has 0 unspecified atom stereocenters. The number of benzene rings is 1. The Bertz CT molecular complexity index is 388. The molecule has 1 aromatic carbocycles. The predicted molar refractivity (Wildman–Crippen MR) is 78.3 cm³/mol. The summed E-state index contributed by atoms with van der Waals surface area (Å²) in [5.41, 5.74) is 1.00. The van der Waals surface area contributed by atoms with Crippen molar-refractivity contribution in [2.75, 3.05) is 38.1 Å². The van der Waals surface area contributed by atoms with Gasteiger partial charge in [0.15, 0.2) is 5.11 Å². The third-order valence-corrected chi connectivity index (χ3v) is 3.18. The lowest BCUT2D eigenvalue weighted by molar-refractivity contribution is 0.340. The van der Waals surface area contributed by atoms with Gasteiger partial charge in [-0.1, -0.05) is 0 Å². The molecule has 1 aliphatic heterocycles. The maximum absolute atomic E-state index is 5.40. The predicted octanol–water partition coefficient (Wildman–Crippen LogP) is 1.69. The van der Waals surface area contributed by atoms with E-state index in [4.69, 9.17) is 17.0 Å². The molecule has 0 saturated carbocycles. The van der Waals surface area contributed by atoms with Gasteiger partial charge < -0.3 is 20.3 Å². The second kappa shape index (κ2) is 6.56. The number of ether oxygens (including phenoxy) is 1. The highest BCUT2D eigenvalue weighted by atomic mass is 32.1. The second-order valence-corrected chi connectivity index (χ2v) is 4.51. The van der Waals surface area contributed by atoms with Gasteiger partial charge in [-0.3, -0.25) is 0 Å². The van der Waals surface area contributed by atoms with Crippen molar-refractivity contribution in [3.63, 3.8) is 0 Å². The van der Waals surface area contributed by atoms with Crippen LogP contribution < -0.4 is 15.4 Å². The molecule has 0 spiro atoms. The maximum Gasteiger partial charge on any atom is 0.173 e. The summed E-state index contributed by atoms with van der Waals surface area (Å²) in [6, 6.07) is 7.87. The van der Waals surface area contributed by atoms with Gasteiger partial charge in [0.05, 0.1) is 6.61 Å². The fourth-order valence-electron chi connectivity index (χ4n) is 1.87. The Kier molecular flexibility index (Phi) is 4.78. The molecule has 0 bridgehead atoms. The minimum Gasteiger partial charge on any atom is -0.494 e. The molecular formula is C13H19N3OS. The van der Waals surface area contributed by atoms with Crippen molar-refractivity contribution in [1.82, 2.24) is 10.2 Å². The Morgan fingerprint density at radius 2 is 2.00 bits per heavy atom. The third kappa shape index (κ3) is 3.58. The van der Waals surface area contributed by atoms with Crippen LogP contribution in [-0.2, 0) is 0 Å². The van der Waals surface area contributed by atoms with Crippen molar-refractivity contribution in [1.29, 1.82) is 0 Å². The van der Waals surface area contributed by atoms with Gasteiger partial charge >= 0.3 is 0 Å². The van der Waals surface area contributed by atoms with Crippen molar-refractivity contribution in [2.24, 2.45) is 0 Å². The van der Waals surface area contributed by atoms with Crippen LogP contribution in [0.15, 0.2) is 24.3 Å². The van der Waals surface area contributed by atoms with E-state index in [2.05, 4.69) is 15.5 Å². The summed E-state index contributed by atoms with van der Waals surface area (Å²) >= 11 is 5.40. The van der Waals surface area contributed by atoms with E-state index in [0.29, 0.717) is 6.61 Å². The first kappa shape index (κ1) is 13.1. The largest absolute Gasteiger partial charge is 0.494 e. The standard InChI is InChI=1S/C13H19N3OS/c1-2-17-12-5-3-11(4-6-12)15-13(18)16-9-7-14-8-10-16/h3-6,14H,2,7-10H2,1H3,(H,15,18). The van der Waals surface area contributed by atoms with Crippen LogP contribution in [0.3, 0.4) is 0 Å². The van der Waals surface area contributed by atoms with Crippen molar-refractivity contribution < 1.29 is 4.74 Å². The van der Waals surface area contributed by atoms with Gasteiger partial charge in [0, 0.05) is 31.9 Å². The SMILES string of the molecule is CCOc1ccc(NC(=S)N2CCNCC2)cc1. The van der Waals surface area contributed by atoms with E-state index in [-0.39, 0.29) is 0 Å². The number of hydrogen-bond acceptors (Lipinski definition) is 3. The van der Waals surface area contributed by atoms with E-state index in [1.165, 1.54) is 0 Å². The Balaban J connectivity index is 1.89. The summed E-state index contributed by atoms with van der Waals surface area (Å²) in [5.74, 6) is 0.885. The quantitative estimate of drug-likeness (QED) is 0.813. The first-order valence-corrected chi connectivity index (χ1v) is 6.70. The zero-order chi connectivity index (χ0) is 12.8. The first-order chi connectivity index (χ1) is 8.79. The molecule has 0 atom stereocenters. The number of anilines is 1. The molecule has 1 heterocycles. The summed E-state index contributed by atoms with van der Waals surface area (Å²) < 4.78 is 5.40. The lowest BCUT2D eigenvalue weighted by Gasteiger charge is -2.29. The third-order valence-electron chi connectivity index (χ3n) is 2.82. The summed E-state index contributed by atoms with van der Waals surface area (Å²) in [7, 11) is 0. The van der Waals surface area contributed by atoms with Gasteiger partial charge in [-0.2, -0.15) is 0 Å². The molecule has 1 aliphatic rings. The topological polar surface area (TPSA) is 36.5 Å². The van der Waals surface area contributed by atoms with E-state index in [1.54, 1.807) is 0 Å². The average molecular weight is 265 g/mol. The van der Waals surface area contributed by atoms with E-state index < -0.39 is 0 Å². The maximum atomic E-state index is 5.40. The molecule has 4 nitrogen and oxygen atoms in total. The van der Waals surface area contributed by atoms with Crippen molar-refractivity contribution >= 4 is 23.0 Å². The highest BCUT2D eigenvalue weighted by Gasteiger charge is 2.12. The monoisotopic (exact) mass is 265 g/mol. The molecule has 5 heteroatoms. The molecule has 18 heavy (non-hydrogen) atoms. The Labute approximate surface area is 113 Å². The number of nitrogens with zero attached hydrogens (tertiary/aromatic N) is 1. The molecule has 2 rings (SSSR count). The molecule has 0 radical (unpaired) electrons. The van der Waals surface area contributed by atoms with Crippen LogP contribution in [0, 0.1) is 0 Å². The lowest BCUT2D eigenvalue weighted by Crippen LogP contribution is -2.47. The zero-order valence-electron chi connectivity index (χ0n) is 10.6. The lowest BCUT2D eigenvalue weighted by atomic mass is 10.3. The average Bonchev–Trinajstić information content (AvgIpc) is 2.42. The highest BCUT2D eigenvalue weighted by molar-refractivity contribution is 7.80. The Hall–Kier alpha value is -1.33. The highest BCUT2D eigenvalue weighted by Crippen LogP contribution is 2.16. The van der Waals surface area contributed by atoms with Crippen molar-refractivity contribution in [3.05, 3.63) is 24.3 Å². The van der Waals surface area contributed by atoms with Gasteiger partial charge in [0.2, 0.25) is 0 Å². The van der Waals surface area contributed by atoms with E-state index in [0.717, 1.165) is 42.7 Å². The van der Waals surface area contributed by atoms with Crippen LogP contribution in [0.5, 0.6) is 5.75 Å². The molecule has 1 aromatic rings. The number of rotatable bonds is 3. The zero-order valence-corrected chi connectivity index (χ0v) is 11.4. The summed E-state index contributed by atoms with van der Waals surface area (Å²) in [6.45, 7) is 6.57. The van der Waals surface area contributed by atoms with Gasteiger partial charge in [-0.15, -0.1) is 0 Å². The van der Waals surface area contributed by atoms with Crippen LogP contribution in [0.4, 0.5) is 5.69 Å². The van der Waals surface area contributed by atoms with Crippen LogP contribution >= 0.6 is 12.2 Å². The Morgan fingerprint density at radius 1 is 1.33 bits per heavy atom. The molecule has 1 fully saturated rings. The minimum atomic E-state index is 0.686. The van der Waals surface area contributed by atoms with Crippen LogP contribution in [0.25, 0.3) is 0 Å². The molecule has 2 N–H and O–H groups in total. The van der Waals surface area contributed by atoms with Gasteiger partial charge in [-0.25, -0.2) is 0 Å². The molecule has 0 aromatic heterocycles. The summed E-state index contributed by atoms with van der Waals surface area (Å²) in [6.07, 6.45) is 0. The van der Waals surface area contributed by atoms with Crippen LogP contribution in [0.2, 0.25) is 0 Å². The summed E-state index contributed by atoms with van der Waals surface area (Å²) in [4.78, 5) is 2.18. The molecule has 0 amide bonds.